The van der Waals surface area contributed by atoms with Crippen LogP contribution < -0.4 is 29.1 Å². The molecule has 0 N–H and O–H groups in total. The Morgan fingerprint density at radius 3 is 2.36 bits per heavy atom. The van der Waals surface area contributed by atoms with Crippen LogP contribution in [0.4, 0.5) is 0 Å². The van der Waals surface area contributed by atoms with Gasteiger partial charge in [-0.3, -0.25) is 9.36 Å². The predicted octanol–water partition coefficient (Wildman–Crippen LogP) is 2.50. The Balaban J connectivity index is 1.94. The lowest BCUT2D eigenvalue weighted by molar-refractivity contribution is -0.136. The average Bonchev–Trinajstić information content (AvgIpc) is 3.45. The number of thiazole rings is 1. The molecule has 0 unspecified atom stereocenters. The number of thiophene rings is 1. The van der Waals surface area contributed by atoms with Gasteiger partial charge in [0, 0.05) is 4.88 Å². The van der Waals surface area contributed by atoms with E-state index in [9.17, 15) is 9.59 Å². The van der Waals surface area contributed by atoms with Crippen LogP contribution in [0.15, 0.2) is 50.7 Å². The number of carbonyl (C=O) groups is 1. The molecule has 0 fully saturated rings. The minimum atomic E-state index is -0.601. The molecule has 0 saturated carbocycles. The second-order valence-electron chi connectivity index (χ2n) is 7.05. The van der Waals surface area contributed by atoms with Gasteiger partial charge >= 0.3 is 5.97 Å². The molecule has 33 heavy (non-hydrogen) atoms. The van der Waals surface area contributed by atoms with Crippen LogP contribution in [0.3, 0.4) is 0 Å². The zero-order valence-corrected chi connectivity index (χ0v) is 20.3. The van der Waals surface area contributed by atoms with Crippen LogP contribution in [-0.2, 0) is 9.53 Å². The molecular formula is C23H22N2O6S2. The fourth-order valence-corrected chi connectivity index (χ4v) is 5.61. The van der Waals surface area contributed by atoms with Crippen LogP contribution in [0.1, 0.15) is 23.4 Å². The van der Waals surface area contributed by atoms with E-state index in [1.54, 1.807) is 29.7 Å². The summed E-state index contributed by atoms with van der Waals surface area (Å²) in [6, 6.07) is 6.71. The van der Waals surface area contributed by atoms with Crippen molar-refractivity contribution in [2.24, 2.45) is 4.99 Å². The first-order chi connectivity index (χ1) is 15.9. The van der Waals surface area contributed by atoms with E-state index in [2.05, 4.69) is 4.99 Å². The van der Waals surface area contributed by atoms with Gasteiger partial charge in [-0.2, -0.15) is 0 Å². The van der Waals surface area contributed by atoms with Crippen LogP contribution in [0.25, 0.3) is 6.08 Å². The molecule has 172 valence electrons. The number of hydrogen-bond donors (Lipinski definition) is 0. The van der Waals surface area contributed by atoms with Crippen LogP contribution in [0.2, 0.25) is 0 Å². The third kappa shape index (κ3) is 3.96. The quantitative estimate of drug-likeness (QED) is 0.498. The Bertz CT molecular complexity index is 1390. The van der Waals surface area contributed by atoms with Crippen molar-refractivity contribution < 1.29 is 23.7 Å². The summed E-state index contributed by atoms with van der Waals surface area (Å²) in [4.78, 5) is 32.1. The summed E-state index contributed by atoms with van der Waals surface area (Å²) in [5.74, 6) is 0.926. The Hall–Kier alpha value is -3.37. The number of ether oxygens (including phenoxy) is 4. The molecule has 1 aromatic carbocycles. The van der Waals surface area contributed by atoms with Crippen molar-refractivity contribution in [2.75, 3.05) is 28.4 Å². The molecule has 4 rings (SSSR count). The van der Waals surface area contributed by atoms with Crippen molar-refractivity contribution in [3.63, 3.8) is 0 Å². The minimum absolute atomic E-state index is 0.250. The Labute approximate surface area is 197 Å². The number of nitrogens with zero attached hydrogens (tertiary/aromatic N) is 2. The minimum Gasteiger partial charge on any atom is -0.493 e. The number of rotatable bonds is 6. The molecular weight excluding hydrogens is 464 g/mol. The zero-order chi connectivity index (χ0) is 23.7. The number of aromatic nitrogens is 1. The first-order valence-corrected chi connectivity index (χ1v) is 11.6. The maximum Gasteiger partial charge on any atom is 0.338 e. The monoisotopic (exact) mass is 486 g/mol. The number of methoxy groups -OCH3 is 4. The van der Waals surface area contributed by atoms with Crippen molar-refractivity contribution in [2.45, 2.75) is 13.0 Å². The van der Waals surface area contributed by atoms with Crippen LogP contribution >= 0.6 is 22.7 Å². The van der Waals surface area contributed by atoms with Crippen LogP contribution in [0, 0.1) is 0 Å². The molecule has 1 aliphatic heterocycles. The molecule has 1 atom stereocenters. The van der Waals surface area contributed by atoms with E-state index in [1.807, 2.05) is 17.5 Å². The summed E-state index contributed by atoms with van der Waals surface area (Å²) >= 11 is 2.72. The maximum absolute atomic E-state index is 13.5. The Morgan fingerprint density at radius 1 is 1.12 bits per heavy atom. The zero-order valence-electron chi connectivity index (χ0n) is 18.7. The molecule has 1 aliphatic rings. The first kappa shape index (κ1) is 22.8. The second kappa shape index (κ2) is 9.24. The van der Waals surface area contributed by atoms with Crippen molar-refractivity contribution in [3.05, 3.63) is 71.0 Å². The predicted molar refractivity (Wildman–Crippen MR) is 126 cm³/mol. The molecule has 0 spiro atoms. The molecule has 0 amide bonds. The molecule has 0 aliphatic carbocycles. The number of fused-ring (bicyclic) bond motifs is 1. The lowest BCUT2D eigenvalue weighted by atomic mass is 10.0. The highest BCUT2D eigenvalue weighted by Crippen LogP contribution is 2.38. The lowest BCUT2D eigenvalue weighted by Gasteiger charge is -2.22. The summed E-state index contributed by atoms with van der Waals surface area (Å²) in [5, 5.41) is 1.91. The van der Waals surface area contributed by atoms with E-state index in [-0.39, 0.29) is 5.56 Å². The number of hydrogen-bond acceptors (Lipinski definition) is 9. The van der Waals surface area contributed by atoms with Gasteiger partial charge in [0.1, 0.15) is 6.04 Å². The van der Waals surface area contributed by atoms with Gasteiger partial charge in [-0.1, -0.05) is 17.4 Å². The molecule has 3 aromatic rings. The average molecular weight is 487 g/mol. The summed E-state index contributed by atoms with van der Waals surface area (Å²) in [6.45, 7) is 1.75. The second-order valence-corrected chi connectivity index (χ2v) is 9.04. The molecule has 0 saturated heterocycles. The molecule has 2 aromatic heterocycles. The molecule has 0 bridgehead atoms. The lowest BCUT2D eigenvalue weighted by Crippen LogP contribution is -2.39. The van der Waals surface area contributed by atoms with Gasteiger partial charge in [-0.25, -0.2) is 9.79 Å². The largest absolute Gasteiger partial charge is 0.493 e. The van der Waals surface area contributed by atoms with Gasteiger partial charge in [0.25, 0.3) is 5.56 Å². The normalized spacial score (nSPS) is 15.7. The number of carbonyl (C=O) groups excluding carboxylic acids is 1. The molecule has 3 heterocycles. The van der Waals surface area contributed by atoms with Gasteiger partial charge < -0.3 is 18.9 Å². The SMILES string of the molecule is COC(=O)C1=C(C)N=c2sc(=Cc3cc(OC)c(OC)c(OC)c3)c(=O)n2[C@@H]1c1cccs1. The Morgan fingerprint density at radius 2 is 1.82 bits per heavy atom. The first-order valence-electron chi connectivity index (χ1n) is 9.87. The summed E-state index contributed by atoms with van der Waals surface area (Å²) in [7, 11) is 5.92. The number of benzene rings is 1. The van der Waals surface area contributed by atoms with E-state index in [1.165, 1.54) is 51.1 Å². The van der Waals surface area contributed by atoms with Gasteiger partial charge in [0.15, 0.2) is 16.3 Å². The topological polar surface area (TPSA) is 88.4 Å². The van der Waals surface area contributed by atoms with Crippen molar-refractivity contribution >= 4 is 34.7 Å². The molecule has 10 heteroatoms. The van der Waals surface area contributed by atoms with Gasteiger partial charge in [0.2, 0.25) is 5.75 Å². The number of esters is 1. The van der Waals surface area contributed by atoms with E-state index < -0.39 is 12.0 Å². The van der Waals surface area contributed by atoms with E-state index in [0.717, 1.165) is 4.88 Å². The van der Waals surface area contributed by atoms with Crippen molar-refractivity contribution in [1.82, 2.24) is 4.57 Å². The van der Waals surface area contributed by atoms with E-state index in [0.29, 0.717) is 43.4 Å². The Kier molecular flexibility index (Phi) is 6.39. The van der Waals surface area contributed by atoms with E-state index >= 15 is 0 Å². The van der Waals surface area contributed by atoms with Gasteiger partial charge in [-0.05, 0) is 42.1 Å². The highest BCUT2D eigenvalue weighted by Gasteiger charge is 2.33. The van der Waals surface area contributed by atoms with E-state index in [4.69, 9.17) is 18.9 Å². The van der Waals surface area contributed by atoms with Gasteiger partial charge in [0.05, 0.1) is 44.2 Å². The highest BCUT2D eigenvalue weighted by molar-refractivity contribution is 7.10. The summed E-state index contributed by atoms with van der Waals surface area (Å²) < 4.78 is 23.2. The maximum atomic E-state index is 13.5. The molecule has 8 nitrogen and oxygen atoms in total. The van der Waals surface area contributed by atoms with Gasteiger partial charge in [-0.15, -0.1) is 11.3 Å². The smallest absolute Gasteiger partial charge is 0.338 e. The van der Waals surface area contributed by atoms with Crippen LogP contribution in [0.5, 0.6) is 17.2 Å². The van der Waals surface area contributed by atoms with Crippen LogP contribution in [-0.4, -0.2) is 39.0 Å². The standard InChI is InChI=1S/C23H22N2O6S2/c1-12-18(22(27)31-5)19(16-7-6-8-32-16)25-21(26)17(33-23(25)24-12)11-13-9-14(28-2)20(30-4)15(10-13)29-3/h6-11,19H,1-5H3/t19-/m1/s1. The third-order valence-electron chi connectivity index (χ3n) is 5.22. The fourth-order valence-electron chi connectivity index (χ4n) is 3.74. The summed E-state index contributed by atoms with van der Waals surface area (Å²) in [6.07, 6.45) is 1.75. The highest BCUT2D eigenvalue weighted by atomic mass is 32.1. The third-order valence-corrected chi connectivity index (χ3v) is 7.13. The summed E-state index contributed by atoms with van der Waals surface area (Å²) in [5.41, 5.74) is 1.33. The fraction of sp³-hybridized carbons (Fsp3) is 0.261. The molecule has 0 radical (unpaired) electrons. The van der Waals surface area contributed by atoms with Crippen molar-refractivity contribution in [1.29, 1.82) is 0 Å². The number of allylic oxidation sites excluding steroid dienone is 1. The van der Waals surface area contributed by atoms with Crippen molar-refractivity contribution in [3.8, 4) is 17.2 Å².